The smallest absolute Gasteiger partial charge is 0.508 e. The molecule has 0 aliphatic heterocycles. The molecule has 0 aliphatic rings. The molecular weight excluding hydrogens is 1770 g/mol. The zero-order chi connectivity index (χ0) is 96.0. The van der Waals surface area contributed by atoms with E-state index in [1.807, 2.05) is 28.2 Å². The van der Waals surface area contributed by atoms with Crippen LogP contribution in [-0.2, 0) is 146 Å². The first-order valence-electron chi connectivity index (χ1n) is 40.9. The Labute approximate surface area is 776 Å². The highest BCUT2D eigenvalue weighted by Crippen LogP contribution is 2.29. The van der Waals surface area contributed by atoms with Gasteiger partial charge in [-0.25, -0.2) is 19.2 Å². The van der Waals surface area contributed by atoms with Crippen LogP contribution in [0.5, 0.6) is 0 Å². The number of ether oxygens (including phenoxy) is 18. The minimum atomic E-state index is -1.84. The van der Waals surface area contributed by atoms with E-state index in [1.54, 1.807) is 60.7 Å². The van der Waals surface area contributed by atoms with Crippen LogP contribution in [0.15, 0.2) is 60.7 Å². The van der Waals surface area contributed by atoms with Crippen LogP contribution in [0.1, 0.15) is 106 Å². The Morgan fingerprint density at radius 2 is 0.461 bits per heavy atom. The highest BCUT2D eigenvalue weighted by Gasteiger charge is 2.46. The van der Waals surface area contributed by atoms with Crippen molar-refractivity contribution in [3.05, 3.63) is 71.8 Å². The van der Waals surface area contributed by atoms with E-state index in [2.05, 4.69) is 76.0 Å². The highest BCUT2D eigenvalue weighted by atomic mass is 35.5. The first kappa shape index (κ1) is 123. The average Bonchev–Trinajstić information content (AvgIpc) is 0.845. The molecule has 734 valence electrons. The third-order valence-corrected chi connectivity index (χ3v) is 19.0. The van der Waals surface area contributed by atoms with Crippen LogP contribution in [-0.4, -0.2) is 367 Å². The molecule has 0 aliphatic carbocycles. The Bertz CT molecular complexity index is 3490. The second-order valence-corrected chi connectivity index (χ2v) is 35.0. The molecule has 0 saturated carbocycles. The molecule has 128 heavy (non-hydrogen) atoms. The fourth-order valence-corrected chi connectivity index (χ4v) is 9.94. The number of carbonyl (C=O) groups excluding carboxylic acids is 14. The van der Waals surface area contributed by atoms with E-state index in [0.29, 0.717) is 45.8 Å². The van der Waals surface area contributed by atoms with Crippen LogP contribution < -0.4 is 24.8 Å². The first-order chi connectivity index (χ1) is 58.7. The summed E-state index contributed by atoms with van der Waals surface area (Å²) >= 11 is 11.3. The predicted octanol–water partition coefficient (Wildman–Crippen LogP) is 1.97. The minimum absolute atomic E-state index is 0. The number of likely N-dealkylation sites (N-methyl/N-ethyl adjacent to an activating group) is 6. The highest BCUT2D eigenvalue weighted by molar-refractivity contribution is 6.18. The van der Waals surface area contributed by atoms with Crippen molar-refractivity contribution in [2.45, 2.75) is 108 Å². The quantitative estimate of drug-likeness (QED) is 0.0300. The minimum Gasteiger partial charge on any atom is -1.00 e. The topological polar surface area (TPSA) is 418 Å². The number of quaternary nitrogens is 2. The summed E-state index contributed by atoms with van der Waals surface area (Å²) < 4.78 is 95.6. The molecule has 0 saturated heterocycles. The number of hydrogen-bond donors (Lipinski definition) is 0. The summed E-state index contributed by atoms with van der Waals surface area (Å²) in [6.45, 7) is 12.3. The number of rotatable bonds is 57. The van der Waals surface area contributed by atoms with E-state index < -0.39 is 196 Å². The number of halogens is 4. The third kappa shape index (κ3) is 55.9. The van der Waals surface area contributed by atoms with E-state index >= 15 is 0 Å². The molecule has 0 radical (unpaired) electrons. The van der Waals surface area contributed by atoms with Crippen molar-refractivity contribution < 1.29 is 186 Å². The molecule has 2 rings (SSSR count). The molecule has 0 N–H and O–H groups in total. The summed E-state index contributed by atoms with van der Waals surface area (Å²) in [5.41, 5.74) is -8.89. The summed E-state index contributed by atoms with van der Waals surface area (Å²) in [4.78, 5) is 185. The lowest BCUT2D eigenvalue weighted by molar-refractivity contribution is -0.890. The van der Waals surface area contributed by atoms with Crippen molar-refractivity contribution in [1.82, 2.24) is 19.6 Å². The van der Waals surface area contributed by atoms with Gasteiger partial charge in [-0.05, 0) is 122 Å². The maximum absolute atomic E-state index is 13.6. The van der Waals surface area contributed by atoms with Crippen LogP contribution in [0.25, 0.3) is 0 Å². The van der Waals surface area contributed by atoms with Crippen molar-refractivity contribution in [2.24, 2.45) is 32.5 Å². The molecule has 0 aromatic heterocycles. The van der Waals surface area contributed by atoms with E-state index in [9.17, 15) is 67.1 Å². The molecule has 0 spiro atoms. The zero-order valence-corrected chi connectivity index (χ0v) is 81.7. The average molecular weight is 1910 g/mol. The van der Waals surface area contributed by atoms with E-state index in [1.165, 1.54) is 41.5 Å². The fraction of sp³-hybridized carbons (Fsp3) is 0.698. The number of benzene rings is 2. The van der Waals surface area contributed by atoms with Crippen molar-refractivity contribution in [3.8, 4) is 0 Å². The maximum Gasteiger partial charge on any atom is 0.508 e. The summed E-state index contributed by atoms with van der Waals surface area (Å²) in [5, 5.41) is 0. The molecule has 2 aromatic carbocycles. The standard InChI is InChI=1S/C46H78N4O16.C34H46Cl2O16.C6H16N2.2ClH/c1-36(51)61-30-44(3,39(53)58-27-17-23-49(10,11)25-21-47(6)7)32-63-42(56)65-34-46(5,41(55)60-29-38-19-15-14-16-20-38)35-66-43(57)64-33-45(4,31-62-37(2)52)40(54)59-28-18-24-50(12,13)26-22-48(8)9;1-24(37)47-18-32(3,27(39)44-15-9-13-35)20-49-30(42)51-22-34(5,29(41)46-17-26-11-7-6-8-12-26)23-52-31(43)50-21-33(4,19-48-25(2)38)28(40)45-16-10-14-36;1-7(2)5-6-8(3)4;;/h14-16,19-20H,17-18,21-35H2,1-13H3;6-8,11-12H,9-10,13-23H2,1-5H3;5-6H2,1-4H3;2*1H/q+2;;;;/p-2. The van der Waals surface area contributed by atoms with Gasteiger partial charge >= 0.3 is 84.3 Å². The Morgan fingerprint density at radius 1 is 0.273 bits per heavy atom. The summed E-state index contributed by atoms with van der Waals surface area (Å²) in [7, 11) is 24.6. The normalized spacial score (nSPS) is 13.9. The van der Waals surface area contributed by atoms with Gasteiger partial charge < -0.3 is 139 Å². The van der Waals surface area contributed by atoms with Crippen molar-refractivity contribution in [3.63, 3.8) is 0 Å². The van der Waals surface area contributed by atoms with Crippen LogP contribution >= 0.6 is 23.2 Å². The number of nitrogens with zero attached hydrogens (tertiary/aromatic N) is 6. The van der Waals surface area contributed by atoms with Crippen LogP contribution in [0, 0.1) is 32.5 Å². The summed E-state index contributed by atoms with van der Waals surface area (Å²) in [6, 6.07) is 17.4. The number of esters is 10. The first-order valence-corrected chi connectivity index (χ1v) is 42.0. The van der Waals surface area contributed by atoms with E-state index in [-0.39, 0.29) is 76.2 Å². The van der Waals surface area contributed by atoms with Crippen molar-refractivity contribution in [2.75, 3.05) is 254 Å². The number of hydrogen-bond acceptors (Lipinski definition) is 36. The summed E-state index contributed by atoms with van der Waals surface area (Å²) in [5.74, 6) is -7.36. The second-order valence-electron chi connectivity index (χ2n) is 34.2. The van der Waals surface area contributed by atoms with Gasteiger partial charge in [0.2, 0.25) is 0 Å². The lowest BCUT2D eigenvalue weighted by Crippen LogP contribution is -3.00. The molecule has 2 aromatic rings. The van der Waals surface area contributed by atoms with Crippen LogP contribution in [0.3, 0.4) is 0 Å². The van der Waals surface area contributed by atoms with Crippen LogP contribution in [0.2, 0.25) is 0 Å². The third-order valence-electron chi connectivity index (χ3n) is 18.4. The van der Waals surface area contributed by atoms with Gasteiger partial charge in [0.1, 0.15) is 125 Å². The second kappa shape index (κ2) is 64.0. The molecular formula is C86H140Cl4N6O32. The molecule has 38 nitrogen and oxygen atoms in total. The van der Waals surface area contributed by atoms with Crippen LogP contribution in [0.4, 0.5) is 19.2 Å². The van der Waals surface area contributed by atoms with Gasteiger partial charge in [-0.15, -0.1) is 23.2 Å². The van der Waals surface area contributed by atoms with Gasteiger partial charge in [-0.2, -0.15) is 0 Å². The van der Waals surface area contributed by atoms with Crippen molar-refractivity contribution >= 4 is 108 Å². The van der Waals surface area contributed by atoms with Gasteiger partial charge in [0.05, 0.1) is 80.8 Å². The Morgan fingerprint density at radius 3 is 0.648 bits per heavy atom. The summed E-state index contributed by atoms with van der Waals surface area (Å²) in [6.07, 6.45) is -3.49. The Hall–Kier alpha value is -8.86. The molecule has 0 bridgehead atoms. The van der Waals surface area contributed by atoms with E-state index in [4.69, 9.17) is 108 Å². The van der Waals surface area contributed by atoms with Gasteiger partial charge in [0, 0.05) is 78.5 Å². The largest absolute Gasteiger partial charge is 1.00 e. The fourth-order valence-electron chi connectivity index (χ4n) is 9.72. The lowest BCUT2D eigenvalue weighted by Gasteiger charge is -2.31. The van der Waals surface area contributed by atoms with Crippen molar-refractivity contribution in [1.29, 1.82) is 0 Å². The Kier molecular flexibility index (Phi) is 61.6. The van der Waals surface area contributed by atoms with Gasteiger partial charge in [0.25, 0.3) is 0 Å². The number of alkyl halides is 2. The van der Waals surface area contributed by atoms with Gasteiger partial charge in [-0.1, -0.05) is 60.7 Å². The lowest BCUT2D eigenvalue weighted by atomic mass is 9.93. The van der Waals surface area contributed by atoms with Gasteiger partial charge in [0.15, 0.2) is 0 Å². The molecule has 0 fully saturated rings. The molecule has 0 amide bonds. The molecule has 4 atom stereocenters. The predicted molar refractivity (Wildman–Crippen MR) is 458 cm³/mol. The Balaban J connectivity index is -0.00000226. The molecule has 42 heteroatoms. The number of carbonyl (C=O) groups is 14. The van der Waals surface area contributed by atoms with Gasteiger partial charge in [-0.3, -0.25) is 47.9 Å². The monoisotopic (exact) mass is 1910 g/mol. The SMILES string of the molecule is CC(=O)OCC(C)(COC(=O)OCC(C)(COC(=O)OCC(C)(COC(C)=O)C(=O)OCCCCl)C(=O)OCc1ccccc1)C(=O)OCCCCl.CC(=O)OCC(C)(COC(=O)OCC(C)(COC(=O)OCC(C)(COC(C)=O)C(=O)OCCC[N+](C)(C)CCN(C)C)C(=O)OCc1ccccc1)C(=O)OCCC[N+](C)(C)CCN(C)C.CN(C)CCN(C)C.[Cl-].[Cl-]. The maximum atomic E-state index is 13.6. The molecule has 4 unspecified atom stereocenters. The van der Waals surface area contributed by atoms with E-state index in [0.717, 1.165) is 80.1 Å². The zero-order valence-electron chi connectivity index (χ0n) is 78.7. The molecule has 0 heterocycles.